The van der Waals surface area contributed by atoms with Crippen molar-refractivity contribution in [1.29, 1.82) is 0 Å². The number of alkyl halides is 3. The van der Waals surface area contributed by atoms with Crippen LogP contribution in [0.15, 0.2) is 84.9 Å². The zero-order chi connectivity index (χ0) is 25.6. The van der Waals surface area contributed by atoms with Gasteiger partial charge in [-0.2, -0.15) is 13.2 Å². The summed E-state index contributed by atoms with van der Waals surface area (Å²) in [7, 11) is 0. The van der Waals surface area contributed by atoms with Gasteiger partial charge in [-0.25, -0.2) is 0 Å². The third-order valence-electron chi connectivity index (χ3n) is 6.98. The molecule has 1 heterocycles. The highest BCUT2D eigenvalue weighted by molar-refractivity contribution is 6.17. The van der Waals surface area contributed by atoms with Crippen molar-refractivity contribution < 1.29 is 27.4 Å². The maximum Gasteiger partial charge on any atom is 0.417 e. The number of rotatable bonds is 3. The summed E-state index contributed by atoms with van der Waals surface area (Å²) in [5.41, 5.74) is 4.11. The number of hydrogen-bond acceptors (Lipinski definition) is 3. The van der Waals surface area contributed by atoms with Gasteiger partial charge >= 0.3 is 6.18 Å². The topological polar surface area (TPSA) is 35.5 Å². The molecule has 1 saturated heterocycles. The maximum atomic E-state index is 14.2. The number of fused-ring (bicyclic) bond motifs is 2. The van der Waals surface area contributed by atoms with Crippen LogP contribution < -0.4 is 0 Å². The fourth-order valence-electron chi connectivity index (χ4n) is 5.26. The lowest BCUT2D eigenvalue weighted by atomic mass is 9.77. The molecule has 0 aromatic heterocycles. The van der Waals surface area contributed by atoms with Gasteiger partial charge in [0.15, 0.2) is 12.1 Å². The molecule has 37 heavy (non-hydrogen) atoms. The molecular formula is C31H23F3O3. The Morgan fingerprint density at radius 2 is 1.35 bits per heavy atom. The summed E-state index contributed by atoms with van der Waals surface area (Å²) in [4.78, 5) is 13.8. The molecule has 0 saturated carbocycles. The third-order valence-corrected chi connectivity index (χ3v) is 6.98. The molecule has 0 bridgehead atoms. The van der Waals surface area contributed by atoms with E-state index in [-0.39, 0.29) is 11.3 Å². The summed E-state index contributed by atoms with van der Waals surface area (Å²) >= 11 is 0. The van der Waals surface area contributed by atoms with Crippen LogP contribution in [0.1, 0.15) is 50.9 Å². The minimum Gasteiger partial charge on any atom is -0.348 e. The highest BCUT2D eigenvalue weighted by Crippen LogP contribution is 2.45. The Labute approximate surface area is 212 Å². The van der Waals surface area contributed by atoms with Gasteiger partial charge in [-0.15, -0.1) is 0 Å². The van der Waals surface area contributed by atoms with Gasteiger partial charge in [-0.1, -0.05) is 78.9 Å². The van der Waals surface area contributed by atoms with E-state index in [0.717, 1.165) is 29.2 Å². The number of carbonyl (C=O) groups excluding carboxylic acids is 1. The summed E-state index contributed by atoms with van der Waals surface area (Å²) < 4.78 is 53.9. The summed E-state index contributed by atoms with van der Waals surface area (Å²) in [5.74, 6) is -0.258. The molecule has 4 aromatic carbocycles. The van der Waals surface area contributed by atoms with Crippen molar-refractivity contribution in [1.82, 2.24) is 0 Å². The van der Waals surface area contributed by atoms with Crippen molar-refractivity contribution in [2.24, 2.45) is 0 Å². The van der Waals surface area contributed by atoms with Crippen molar-refractivity contribution in [3.63, 3.8) is 0 Å². The average Bonchev–Trinajstić information content (AvgIpc) is 2.93. The number of ether oxygens (including phenoxy) is 2. The van der Waals surface area contributed by atoms with E-state index >= 15 is 0 Å². The first-order valence-corrected chi connectivity index (χ1v) is 12.2. The molecule has 0 unspecified atom stereocenters. The van der Waals surface area contributed by atoms with Crippen molar-refractivity contribution in [3.8, 4) is 22.3 Å². The van der Waals surface area contributed by atoms with Crippen molar-refractivity contribution in [3.05, 3.63) is 118 Å². The van der Waals surface area contributed by atoms with E-state index in [1.807, 2.05) is 48.5 Å². The molecule has 3 nitrogen and oxygen atoms in total. The highest BCUT2D eigenvalue weighted by Gasteiger charge is 2.36. The lowest BCUT2D eigenvalue weighted by molar-refractivity contribution is -0.183. The minimum atomic E-state index is -4.58. The standard InChI is InChI=1S/C31H23F3O3/c32-31(33,34)26-9-4-3-8-25(26)28-23(19-10-12-20(13-11-19)30-36-16-5-17-37-30)15-14-22-18-21-6-1-2-7-24(21)29(35)27(22)28/h1-4,6-15,30H,5,16-18H2. The van der Waals surface area contributed by atoms with Crippen LogP contribution in [-0.4, -0.2) is 19.0 Å². The van der Waals surface area contributed by atoms with Gasteiger partial charge in [-0.05, 0) is 46.7 Å². The molecule has 1 aliphatic heterocycles. The van der Waals surface area contributed by atoms with Crippen molar-refractivity contribution >= 4 is 5.78 Å². The molecule has 1 aliphatic carbocycles. The van der Waals surface area contributed by atoms with Crippen LogP contribution in [0.5, 0.6) is 0 Å². The molecule has 0 N–H and O–H groups in total. The summed E-state index contributed by atoms with van der Waals surface area (Å²) in [6, 6.07) is 23.9. The van der Waals surface area contributed by atoms with Crippen LogP contribution in [-0.2, 0) is 22.1 Å². The van der Waals surface area contributed by atoms with Gasteiger partial charge in [0, 0.05) is 22.3 Å². The van der Waals surface area contributed by atoms with Crippen LogP contribution >= 0.6 is 0 Å². The van der Waals surface area contributed by atoms with E-state index < -0.39 is 18.0 Å². The maximum absolute atomic E-state index is 14.2. The molecule has 0 radical (unpaired) electrons. The molecule has 0 spiro atoms. The van der Waals surface area contributed by atoms with E-state index in [9.17, 15) is 18.0 Å². The second-order valence-electron chi connectivity index (χ2n) is 9.28. The smallest absolute Gasteiger partial charge is 0.348 e. The summed E-state index contributed by atoms with van der Waals surface area (Å²) in [6.45, 7) is 1.22. The highest BCUT2D eigenvalue weighted by atomic mass is 19.4. The van der Waals surface area contributed by atoms with Crippen LogP contribution in [0, 0.1) is 0 Å². The van der Waals surface area contributed by atoms with Crippen LogP contribution in [0.2, 0.25) is 0 Å². The zero-order valence-electron chi connectivity index (χ0n) is 19.8. The number of carbonyl (C=O) groups is 1. The predicted octanol–water partition coefficient (Wildman–Crippen LogP) is 7.61. The van der Waals surface area contributed by atoms with Gasteiger partial charge in [0.1, 0.15) is 0 Å². The lowest BCUT2D eigenvalue weighted by Gasteiger charge is -2.26. The first kappa shape index (κ1) is 23.6. The Balaban J connectivity index is 1.56. The largest absolute Gasteiger partial charge is 0.417 e. The van der Waals surface area contributed by atoms with Gasteiger partial charge in [-0.3, -0.25) is 4.79 Å². The molecule has 2 aliphatic rings. The Bertz CT molecular complexity index is 1480. The Kier molecular flexibility index (Phi) is 5.94. The lowest BCUT2D eigenvalue weighted by Crippen LogP contribution is -2.18. The molecule has 6 heteroatoms. The first-order chi connectivity index (χ1) is 17.9. The van der Waals surface area contributed by atoms with Gasteiger partial charge in [0.05, 0.1) is 18.8 Å². The van der Waals surface area contributed by atoms with Gasteiger partial charge in [0.25, 0.3) is 0 Å². The van der Waals surface area contributed by atoms with Crippen molar-refractivity contribution in [2.45, 2.75) is 25.3 Å². The normalized spacial score (nSPS) is 15.8. The fourth-order valence-corrected chi connectivity index (χ4v) is 5.26. The number of benzene rings is 4. The van der Waals surface area contributed by atoms with E-state index in [2.05, 4.69) is 0 Å². The summed E-state index contributed by atoms with van der Waals surface area (Å²) in [5, 5.41) is 0. The van der Waals surface area contributed by atoms with E-state index in [0.29, 0.717) is 47.5 Å². The monoisotopic (exact) mass is 500 g/mol. The second-order valence-corrected chi connectivity index (χ2v) is 9.28. The van der Waals surface area contributed by atoms with Crippen LogP contribution in [0.4, 0.5) is 13.2 Å². The minimum absolute atomic E-state index is 0.00222. The Morgan fingerprint density at radius 1 is 0.676 bits per heavy atom. The number of ketones is 1. The Morgan fingerprint density at radius 3 is 2.08 bits per heavy atom. The number of hydrogen-bond donors (Lipinski definition) is 0. The molecule has 0 atom stereocenters. The quantitative estimate of drug-likeness (QED) is 0.256. The van der Waals surface area contributed by atoms with Gasteiger partial charge in [0.2, 0.25) is 0 Å². The van der Waals surface area contributed by atoms with E-state index in [1.165, 1.54) is 12.1 Å². The molecule has 186 valence electrons. The van der Waals surface area contributed by atoms with E-state index in [1.54, 1.807) is 18.2 Å². The summed E-state index contributed by atoms with van der Waals surface area (Å²) in [6.07, 6.45) is -3.72. The van der Waals surface area contributed by atoms with E-state index in [4.69, 9.17) is 9.47 Å². The van der Waals surface area contributed by atoms with Crippen molar-refractivity contribution in [2.75, 3.05) is 13.2 Å². The molecule has 4 aromatic rings. The predicted molar refractivity (Wildman–Crippen MR) is 134 cm³/mol. The van der Waals surface area contributed by atoms with Crippen LogP contribution in [0.3, 0.4) is 0 Å². The first-order valence-electron chi connectivity index (χ1n) is 12.2. The second kappa shape index (κ2) is 9.29. The molecule has 0 amide bonds. The zero-order valence-corrected chi connectivity index (χ0v) is 19.8. The number of halogens is 3. The molecule has 1 fully saturated rings. The molecule has 6 rings (SSSR count). The SMILES string of the molecule is O=C1c2ccccc2Cc2ccc(-c3ccc(C4OCCCO4)cc3)c(-c3ccccc3C(F)(F)F)c21. The van der Waals surface area contributed by atoms with Gasteiger partial charge < -0.3 is 9.47 Å². The fraction of sp³-hybridized carbons (Fsp3) is 0.194. The third kappa shape index (κ3) is 4.26. The molecular weight excluding hydrogens is 477 g/mol. The van der Waals surface area contributed by atoms with Crippen LogP contribution in [0.25, 0.3) is 22.3 Å². The average molecular weight is 501 g/mol. The Hall–Kier alpha value is -3.74.